The first-order chi connectivity index (χ1) is 20.1. The van der Waals surface area contributed by atoms with Gasteiger partial charge >= 0.3 is 6.09 Å². The molecule has 1 fully saturated rings. The molecule has 3 aromatic rings. The maximum Gasteiger partial charge on any atom is 0.408 e. The molecular weight excluding hydrogens is 534 g/mol. The number of carbonyl (C=O) groups is 2. The largest absolute Gasteiger partial charge is 0.497 e. The van der Waals surface area contributed by atoms with Crippen LogP contribution in [-0.4, -0.2) is 36.4 Å². The number of rotatable bonds is 6. The number of fused-ring (bicyclic) bond motifs is 2. The minimum Gasteiger partial charge on any atom is -0.497 e. The second-order valence-electron chi connectivity index (χ2n) is 12.2. The molecule has 5 rings (SSSR count). The Morgan fingerprint density at radius 2 is 1.79 bits per heavy atom. The number of carbonyl (C=O) groups excluding carboxylic acids is 2. The molecular formula is C33H41N3O6. The van der Waals surface area contributed by atoms with Gasteiger partial charge in [-0.05, 0) is 101 Å². The molecule has 1 aromatic heterocycles. The number of alkyl carbamates (subject to hydrolysis) is 1. The van der Waals surface area contributed by atoms with Gasteiger partial charge in [0.2, 0.25) is 5.55 Å². The van der Waals surface area contributed by atoms with Crippen LogP contribution >= 0.6 is 0 Å². The summed E-state index contributed by atoms with van der Waals surface area (Å²) in [6, 6.07) is 12.9. The summed E-state index contributed by atoms with van der Waals surface area (Å²) in [5.74, 6) is 1.14. The quantitative estimate of drug-likeness (QED) is 0.330. The fraction of sp³-hybridized carbons (Fsp3) is 0.485. The molecule has 1 aliphatic heterocycles. The molecule has 1 atom stereocenters. The molecule has 1 spiro atoms. The van der Waals surface area contributed by atoms with Gasteiger partial charge in [0.25, 0.3) is 5.91 Å². The first-order valence-electron chi connectivity index (χ1n) is 14.9. The number of ether oxygens (including phenoxy) is 3. The van der Waals surface area contributed by atoms with Gasteiger partial charge in [-0.15, -0.1) is 5.10 Å². The van der Waals surface area contributed by atoms with E-state index in [0.29, 0.717) is 12.0 Å². The van der Waals surface area contributed by atoms with Crippen LogP contribution in [0.15, 0.2) is 52.0 Å². The number of hydrogen-bond donors (Lipinski definition) is 2. The number of methoxy groups -OCH3 is 1. The van der Waals surface area contributed by atoms with E-state index in [9.17, 15) is 9.59 Å². The number of nitrogens with zero attached hydrogens (tertiary/aromatic N) is 1. The lowest BCUT2D eigenvalue weighted by atomic mass is 9.79. The van der Waals surface area contributed by atoms with Crippen LogP contribution in [0.4, 0.5) is 4.79 Å². The van der Waals surface area contributed by atoms with Crippen LogP contribution in [-0.2, 0) is 16.0 Å². The summed E-state index contributed by atoms with van der Waals surface area (Å²) >= 11 is 0. The zero-order chi connectivity index (χ0) is 29.9. The highest BCUT2D eigenvalue weighted by atomic mass is 16.6. The molecule has 0 saturated heterocycles. The van der Waals surface area contributed by atoms with Crippen LogP contribution in [0.2, 0.25) is 0 Å². The maximum absolute atomic E-state index is 13.0. The second kappa shape index (κ2) is 12.1. The van der Waals surface area contributed by atoms with Crippen molar-refractivity contribution in [1.29, 1.82) is 0 Å². The summed E-state index contributed by atoms with van der Waals surface area (Å²) in [6.45, 7) is 7.09. The van der Waals surface area contributed by atoms with E-state index in [1.54, 1.807) is 34.8 Å². The molecule has 1 aliphatic carbocycles. The third-order valence-electron chi connectivity index (χ3n) is 7.97. The Morgan fingerprint density at radius 3 is 2.45 bits per heavy atom. The first-order valence-corrected chi connectivity index (χ1v) is 14.9. The van der Waals surface area contributed by atoms with E-state index >= 15 is 0 Å². The van der Waals surface area contributed by atoms with Crippen molar-refractivity contribution in [3.63, 3.8) is 0 Å². The maximum atomic E-state index is 13.0. The van der Waals surface area contributed by atoms with E-state index in [0.717, 1.165) is 53.7 Å². The van der Waals surface area contributed by atoms with E-state index in [2.05, 4.69) is 21.9 Å². The van der Waals surface area contributed by atoms with Gasteiger partial charge in [-0.1, -0.05) is 25.5 Å². The fourth-order valence-corrected chi connectivity index (χ4v) is 5.79. The van der Waals surface area contributed by atoms with Gasteiger partial charge in [0.1, 0.15) is 34.3 Å². The fourth-order valence-electron chi connectivity index (χ4n) is 5.79. The minimum atomic E-state index is -0.822. The molecule has 42 heavy (non-hydrogen) atoms. The molecule has 2 N–H and O–H groups in total. The highest BCUT2D eigenvalue weighted by Crippen LogP contribution is 2.44. The summed E-state index contributed by atoms with van der Waals surface area (Å²) in [4.78, 5) is 25.2. The van der Waals surface area contributed by atoms with Crippen LogP contribution < -0.4 is 25.8 Å². The van der Waals surface area contributed by atoms with E-state index < -0.39 is 23.6 Å². The van der Waals surface area contributed by atoms with E-state index in [1.807, 2.05) is 36.4 Å². The molecule has 224 valence electrons. The van der Waals surface area contributed by atoms with Crippen LogP contribution in [0.1, 0.15) is 78.2 Å². The van der Waals surface area contributed by atoms with Crippen molar-refractivity contribution in [2.45, 2.75) is 96.3 Å². The SMILES string of the molecule is CC[C@H](NC(=O)OC(C)(C)C)C(=O)N/N=c1/cc(-c2ccc(OC)cc2)c2cc3c(cc2o1)OC1(CCCCC1)CC3. The van der Waals surface area contributed by atoms with Crippen molar-refractivity contribution in [1.82, 2.24) is 10.7 Å². The topological polar surface area (TPSA) is 111 Å². The van der Waals surface area contributed by atoms with Crippen molar-refractivity contribution in [2.75, 3.05) is 7.11 Å². The number of hydrogen-bond acceptors (Lipinski definition) is 7. The number of nitrogens with one attached hydrogen (secondary N) is 2. The Kier molecular flexibility index (Phi) is 8.48. The smallest absolute Gasteiger partial charge is 0.408 e. The monoisotopic (exact) mass is 575 g/mol. The van der Waals surface area contributed by atoms with Crippen molar-refractivity contribution in [3.8, 4) is 22.6 Å². The van der Waals surface area contributed by atoms with Gasteiger partial charge in [-0.2, -0.15) is 0 Å². The molecule has 2 amide bonds. The van der Waals surface area contributed by atoms with Crippen LogP contribution in [0.25, 0.3) is 22.1 Å². The second-order valence-corrected chi connectivity index (χ2v) is 12.2. The van der Waals surface area contributed by atoms with E-state index in [-0.39, 0.29) is 11.2 Å². The summed E-state index contributed by atoms with van der Waals surface area (Å²) in [5, 5.41) is 7.84. The molecule has 2 heterocycles. The highest BCUT2D eigenvalue weighted by molar-refractivity contribution is 5.94. The lowest BCUT2D eigenvalue weighted by Gasteiger charge is -2.41. The molecule has 0 radical (unpaired) electrons. The van der Waals surface area contributed by atoms with E-state index in [4.69, 9.17) is 18.6 Å². The van der Waals surface area contributed by atoms with Crippen molar-refractivity contribution >= 4 is 23.0 Å². The summed E-state index contributed by atoms with van der Waals surface area (Å²) in [7, 11) is 1.64. The average molecular weight is 576 g/mol. The highest BCUT2D eigenvalue weighted by Gasteiger charge is 2.37. The molecule has 2 aromatic carbocycles. The van der Waals surface area contributed by atoms with E-state index in [1.165, 1.54) is 24.8 Å². The lowest BCUT2D eigenvalue weighted by molar-refractivity contribution is -0.123. The van der Waals surface area contributed by atoms with Crippen molar-refractivity contribution < 1.29 is 28.2 Å². The minimum absolute atomic E-state index is 0.0933. The number of aryl methyl sites for hydroxylation is 1. The molecule has 9 nitrogen and oxygen atoms in total. The Labute approximate surface area is 246 Å². The van der Waals surface area contributed by atoms with Crippen molar-refractivity contribution in [2.24, 2.45) is 5.10 Å². The third-order valence-corrected chi connectivity index (χ3v) is 7.97. The van der Waals surface area contributed by atoms with Gasteiger partial charge in [-0.3, -0.25) is 4.79 Å². The zero-order valence-electron chi connectivity index (χ0n) is 25.2. The predicted molar refractivity (Wildman–Crippen MR) is 160 cm³/mol. The summed E-state index contributed by atoms with van der Waals surface area (Å²) in [6.07, 6.45) is 7.48. The van der Waals surface area contributed by atoms with Gasteiger partial charge in [0.05, 0.1) is 7.11 Å². The third kappa shape index (κ3) is 6.72. The molecule has 9 heteroatoms. The van der Waals surface area contributed by atoms with Gasteiger partial charge in [0, 0.05) is 17.5 Å². The molecule has 1 saturated carbocycles. The summed E-state index contributed by atoms with van der Waals surface area (Å²) < 4.78 is 23.6. The van der Waals surface area contributed by atoms with Crippen LogP contribution in [0.3, 0.4) is 0 Å². The van der Waals surface area contributed by atoms with Crippen LogP contribution in [0, 0.1) is 0 Å². The Bertz CT molecular complexity index is 1510. The lowest BCUT2D eigenvalue weighted by Crippen LogP contribution is -2.47. The standard InChI is InChI=1S/C33H41N3O6/c1-6-26(34-31(38)42-32(2,3)4)30(37)36-35-29-19-24(21-10-12-23(39-5)13-11-21)25-18-22-14-17-33(15-8-7-9-16-33)41-27(22)20-28(25)40-29/h10-13,18-20,26H,6-9,14-17H2,1-5H3,(H,34,38)(H,36,37)/b35-29-/t26-/m0/s1. The molecule has 0 unspecified atom stereocenters. The first kappa shape index (κ1) is 29.5. The van der Waals surface area contributed by atoms with Gasteiger partial charge in [0.15, 0.2) is 0 Å². The average Bonchev–Trinajstić information content (AvgIpc) is 2.97. The number of amides is 2. The number of benzene rings is 2. The van der Waals surface area contributed by atoms with Crippen molar-refractivity contribution in [3.05, 3.63) is 53.6 Å². The Hall–Kier alpha value is -4.01. The summed E-state index contributed by atoms with van der Waals surface area (Å²) in [5.41, 5.74) is 5.65. The van der Waals surface area contributed by atoms with Crippen LogP contribution in [0.5, 0.6) is 11.5 Å². The van der Waals surface area contributed by atoms with Gasteiger partial charge in [-0.25, -0.2) is 10.2 Å². The normalized spacial score (nSPS) is 17.2. The zero-order valence-corrected chi connectivity index (χ0v) is 25.2. The molecule has 0 bridgehead atoms. The Morgan fingerprint density at radius 1 is 1.05 bits per heavy atom. The van der Waals surface area contributed by atoms with Gasteiger partial charge < -0.3 is 23.9 Å². The predicted octanol–water partition coefficient (Wildman–Crippen LogP) is 6.37. The Balaban J connectivity index is 1.49. The molecule has 2 aliphatic rings.